The maximum absolute atomic E-state index is 12.0. The number of carboxylic acid groups (broad SMARTS) is 1. The number of benzene rings is 1. The van der Waals surface area contributed by atoms with E-state index in [0.717, 1.165) is 9.87 Å². The van der Waals surface area contributed by atoms with Gasteiger partial charge in [-0.05, 0) is 31.0 Å². The topological polar surface area (TPSA) is 86.7 Å². The van der Waals surface area contributed by atoms with Crippen molar-refractivity contribution in [3.8, 4) is 0 Å². The molecule has 0 bridgehead atoms. The van der Waals surface area contributed by atoms with E-state index in [-0.39, 0.29) is 19.0 Å². The molecule has 1 unspecified atom stereocenters. The minimum absolute atomic E-state index is 0.0748. The molecule has 0 fully saturated rings. The smallest absolute Gasteiger partial charge is 0.304 e. The first-order valence-corrected chi connectivity index (χ1v) is 8.22. The molecule has 0 aliphatic heterocycles. The van der Waals surface area contributed by atoms with Gasteiger partial charge in [-0.2, -0.15) is 17.4 Å². The lowest BCUT2D eigenvalue weighted by atomic mass is 10.1. The molecular formula is C13H19ClN2O4S. The van der Waals surface area contributed by atoms with Gasteiger partial charge in [-0.25, -0.2) is 0 Å². The fourth-order valence-corrected chi connectivity index (χ4v) is 3.09. The molecule has 0 aromatic heterocycles. The molecule has 2 N–H and O–H groups in total. The van der Waals surface area contributed by atoms with Crippen LogP contribution < -0.4 is 4.72 Å². The van der Waals surface area contributed by atoms with Crippen LogP contribution in [-0.2, 0) is 21.4 Å². The number of hydrogen-bond donors (Lipinski definition) is 2. The first-order chi connectivity index (χ1) is 9.70. The Hall–Kier alpha value is -1.15. The van der Waals surface area contributed by atoms with Crippen LogP contribution >= 0.6 is 11.6 Å². The number of halogens is 1. The number of nitrogens with one attached hydrogen (secondary N) is 1. The maximum Gasteiger partial charge on any atom is 0.304 e. The van der Waals surface area contributed by atoms with Crippen LogP contribution in [0.2, 0.25) is 5.02 Å². The Bertz CT molecular complexity index is 592. The van der Waals surface area contributed by atoms with E-state index in [1.165, 1.54) is 7.05 Å². The van der Waals surface area contributed by atoms with E-state index in [1.807, 2.05) is 6.07 Å². The maximum atomic E-state index is 12.0. The normalized spacial score (nSPS) is 13.3. The van der Waals surface area contributed by atoms with Crippen LogP contribution in [0.5, 0.6) is 0 Å². The molecule has 0 amide bonds. The summed E-state index contributed by atoms with van der Waals surface area (Å²) in [6, 6.07) is 6.86. The summed E-state index contributed by atoms with van der Waals surface area (Å²) in [5.74, 6) is -1.04. The molecular weight excluding hydrogens is 316 g/mol. The highest BCUT2D eigenvalue weighted by molar-refractivity contribution is 7.87. The molecule has 1 aromatic rings. The van der Waals surface area contributed by atoms with E-state index in [4.69, 9.17) is 16.7 Å². The average molecular weight is 335 g/mol. The van der Waals surface area contributed by atoms with Gasteiger partial charge in [0.1, 0.15) is 0 Å². The summed E-state index contributed by atoms with van der Waals surface area (Å²) >= 11 is 5.88. The third kappa shape index (κ3) is 6.43. The molecule has 8 heteroatoms. The molecule has 0 aliphatic rings. The zero-order valence-corrected chi connectivity index (χ0v) is 13.5. The molecule has 0 saturated carbocycles. The van der Waals surface area contributed by atoms with Gasteiger partial charge in [0.15, 0.2) is 0 Å². The van der Waals surface area contributed by atoms with Crippen LogP contribution in [0, 0.1) is 0 Å². The lowest BCUT2D eigenvalue weighted by Gasteiger charge is -2.20. The first kappa shape index (κ1) is 17.9. The second kappa shape index (κ2) is 7.74. The predicted octanol–water partition coefficient (Wildman–Crippen LogP) is 1.51. The molecule has 1 aromatic carbocycles. The van der Waals surface area contributed by atoms with E-state index in [2.05, 4.69) is 4.72 Å². The van der Waals surface area contributed by atoms with Crippen molar-refractivity contribution in [1.82, 2.24) is 9.03 Å². The van der Waals surface area contributed by atoms with Gasteiger partial charge in [0.05, 0.1) is 6.42 Å². The average Bonchev–Trinajstić information content (AvgIpc) is 2.34. The van der Waals surface area contributed by atoms with Gasteiger partial charge in [0, 0.05) is 24.7 Å². The van der Waals surface area contributed by atoms with Crippen molar-refractivity contribution in [2.24, 2.45) is 0 Å². The standard InChI is InChI=1S/C13H19ClN2O4S/c1-10(8-11-4-3-5-12(14)9-11)15-21(19,20)16(2)7-6-13(17)18/h3-5,9-10,15H,6-8H2,1-2H3,(H,17,18). The SMILES string of the molecule is CC(Cc1cccc(Cl)c1)NS(=O)(=O)N(C)CCC(=O)O. The van der Waals surface area contributed by atoms with E-state index >= 15 is 0 Å². The minimum Gasteiger partial charge on any atom is -0.481 e. The van der Waals surface area contributed by atoms with Gasteiger partial charge in [0.2, 0.25) is 0 Å². The van der Waals surface area contributed by atoms with Gasteiger partial charge in [-0.3, -0.25) is 4.79 Å². The van der Waals surface area contributed by atoms with Gasteiger partial charge in [-0.1, -0.05) is 23.7 Å². The fourth-order valence-electron chi connectivity index (χ4n) is 1.78. The molecule has 0 radical (unpaired) electrons. The number of nitrogens with zero attached hydrogens (tertiary/aromatic N) is 1. The van der Waals surface area contributed by atoms with Gasteiger partial charge < -0.3 is 5.11 Å². The highest BCUT2D eigenvalue weighted by atomic mass is 35.5. The highest BCUT2D eigenvalue weighted by Crippen LogP contribution is 2.12. The molecule has 1 atom stereocenters. The van der Waals surface area contributed by atoms with Crippen LogP contribution in [0.1, 0.15) is 18.9 Å². The Morgan fingerprint density at radius 1 is 1.48 bits per heavy atom. The Kier molecular flexibility index (Phi) is 6.60. The molecule has 6 nitrogen and oxygen atoms in total. The first-order valence-electron chi connectivity index (χ1n) is 6.40. The summed E-state index contributed by atoms with van der Waals surface area (Å²) < 4.78 is 27.5. The number of aliphatic carboxylic acids is 1. The Morgan fingerprint density at radius 2 is 2.14 bits per heavy atom. The number of rotatable bonds is 8. The molecule has 0 aliphatic carbocycles. The minimum atomic E-state index is -3.70. The zero-order valence-electron chi connectivity index (χ0n) is 11.9. The molecule has 1 rings (SSSR count). The molecule has 118 valence electrons. The van der Waals surface area contributed by atoms with Gasteiger partial charge in [0.25, 0.3) is 10.2 Å². The van der Waals surface area contributed by atoms with Crippen molar-refractivity contribution < 1.29 is 18.3 Å². The van der Waals surface area contributed by atoms with Crippen molar-refractivity contribution in [1.29, 1.82) is 0 Å². The van der Waals surface area contributed by atoms with Crippen LogP contribution in [0.3, 0.4) is 0 Å². The summed E-state index contributed by atoms with van der Waals surface area (Å²) in [6.07, 6.45) is 0.257. The van der Waals surface area contributed by atoms with E-state index in [9.17, 15) is 13.2 Å². The second-order valence-corrected chi connectivity index (χ2v) is 7.07. The van der Waals surface area contributed by atoms with Crippen molar-refractivity contribution in [2.45, 2.75) is 25.8 Å². The summed E-state index contributed by atoms with van der Waals surface area (Å²) in [5.41, 5.74) is 0.922. The third-order valence-electron chi connectivity index (χ3n) is 2.83. The number of hydrogen-bond acceptors (Lipinski definition) is 3. The Labute approximate surface area is 129 Å². The summed E-state index contributed by atoms with van der Waals surface area (Å²) in [7, 11) is -2.35. The number of carbonyl (C=O) groups is 1. The third-order valence-corrected chi connectivity index (χ3v) is 4.77. The van der Waals surface area contributed by atoms with Crippen LogP contribution in [0.25, 0.3) is 0 Å². The monoisotopic (exact) mass is 334 g/mol. The quantitative estimate of drug-likeness (QED) is 0.754. The zero-order chi connectivity index (χ0) is 16.0. The fraction of sp³-hybridized carbons (Fsp3) is 0.462. The summed E-state index contributed by atoms with van der Waals surface area (Å²) in [5, 5.41) is 9.17. The van der Waals surface area contributed by atoms with Gasteiger partial charge in [-0.15, -0.1) is 0 Å². The lowest BCUT2D eigenvalue weighted by molar-refractivity contribution is -0.137. The van der Waals surface area contributed by atoms with Crippen LogP contribution in [0.15, 0.2) is 24.3 Å². The van der Waals surface area contributed by atoms with Crippen LogP contribution in [-0.4, -0.2) is 43.4 Å². The lowest BCUT2D eigenvalue weighted by Crippen LogP contribution is -2.44. The molecule has 21 heavy (non-hydrogen) atoms. The summed E-state index contributed by atoms with van der Waals surface area (Å²) in [4.78, 5) is 10.5. The van der Waals surface area contributed by atoms with Crippen LogP contribution in [0.4, 0.5) is 0 Å². The van der Waals surface area contributed by atoms with Crippen molar-refractivity contribution in [2.75, 3.05) is 13.6 Å². The Balaban J connectivity index is 2.59. The number of carboxylic acids is 1. The largest absolute Gasteiger partial charge is 0.481 e. The molecule has 0 spiro atoms. The van der Waals surface area contributed by atoms with Gasteiger partial charge >= 0.3 is 5.97 Å². The van der Waals surface area contributed by atoms with Crippen molar-refractivity contribution >= 4 is 27.8 Å². The predicted molar refractivity (Wildman–Crippen MR) is 81.6 cm³/mol. The van der Waals surface area contributed by atoms with Crippen molar-refractivity contribution in [3.63, 3.8) is 0 Å². The van der Waals surface area contributed by atoms with E-state index in [1.54, 1.807) is 25.1 Å². The molecule has 0 heterocycles. The van der Waals surface area contributed by atoms with E-state index in [0.29, 0.717) is 11.4 Å². The van der Waals surface area contributed by atoms with E-state index < -0.39 is 16.2 Å². The summed E-state index contributed by atoms with van der Waals surface area (Å²) in [6.45, 7) is 1.66. The highest BCUT2D eigenvalue weighted by Gasteiger charge is 2.20. The Morgan fingerprint density at radius 3 is 2.71 bits per heavy atom. The van der Waals surface area contributed by atoms with Crippen molar-refractivity contribution in [3.05, 3.63) is 34.9 Å². The second-order valence-electron chi connectivity index (χ2n) is 4.82. The molecule has 0 saturated heterocycles.